The molecule has 1 aromatic carbocycles. The molecule has 2 nitrogen and oxygen atoms in total. The molecule has 0 aliphatic carbocycles. The average molecular weight is 291 g/mol. The Morgan fingerprint density at radius 3 is 2.19 bits per heavy atom. The second-order valence-electron chi connectivity index (χ2n) is 6.07. The molecule has 1 unspecified atom stereocenters. The van der Waals surface area contributed by atoms with Gasteiger partial charge in [-0.15, -0.1) is 0 Å². The summed E-state index contributed by atoms with van der Waals surface area (Å²) in [5.41, 5.74) is 2.73. The molecule has 0 spiro atoms. The van der Waals surface area contributed by atoms with Crippen LogP contribution in [0.15, 0.2) is 24.3 Å². The SMILES string of the molecule is CCCCCCOCC(NCC)c1ccc(C(C)C)cc1. The van der Waals surface area contributed by atoms with Crippen LogP contribution >= 0.6 is 0 Å². The van der Waals surface area contributed by atoms with Crippen molar-refractivity contribution in [1.82, 2.24) is 5.32 Å². The van der Waals surface area contributed by atoms with E-state index in [9.17, 15) is 0 Å². The first-order chi connectivity index (χ1) is 10.2. The quantitative estimate of drug-likeness (QED) is 0.576. The first-order valence-electron chi connectivity index (χ1n) is 8.60. The average Bonchev–Trinajstić information content (AvgIpc) is 2.49. The summed E-state index contributed by atoms with van der Waals surface area (Å²) in [5.74, 6) is 0.589. The lowest BCUT2D eigenvalue weighted by molar-refractivity contribution is 0.108. The maximum absolute atomic E-state index is 5.86. The molecule has 21 heavy (non-hydrogen) atoms. The van der Waals surface area contributed by atoms with E-state index in [1.807, 2.05) is 0 Å². The van der Waals surface area contributed by atoms with E-state index < -0.39 is 0 Å². The van der Waals surface area contributed by atoms with Crippen LogP contribution < -0.4 is 5.32 Å². The van der Waals surface area contributed by atoms with Gasteiger partial charge in [0.2, 0.25) is 0 Å². The Morgan fingerprint density at radius 2 is 1.62 bits per heavy atom. The molecule has 120 valence electrons. The zero-order valence-electron chi connectivity index (χ0n) is 14.3. The van der Waals surface area contributed by atoms with Gasteiger partial charge >= 0.3 is 0 Å². The van der Waals surface area contributed by atoms with Gasteiger partial charge in [0.15, 0.2) is 0 Å². The van der Waals surface area contributed by atoms with Gasteiger partial charge in [-0.25, -0.2) is 0 Å². The molecule has 0 heterocycles. The van der Waals surface area contributed by atoms with Crippen molar-refractivity contribution >= 4 is 0 Å². The number of hydrogen-bond acceptors (Lipinski definition) is 2. The number of unbranched alkanes of at least 4 members (excludes halogenated alkanes) is 3. The standard InChI is InChI=1S/C19H33NO/c1-5-7-8-9-14-21-15-19(20-6-2)18-12-10-17(11-13-18)16(3)4/h10-13,16,19-20H,5-9,14-15H2,1-4H3. The normalized spacial score (nSPS) is 12.8. The minimum atomic E-state index is 0.308. The van der Waals surface area contributed by atoms with E-state index in [0.717, 1.165) is 19.8 Å². The van der Waals surface area contributed by atoms with Crippen molar-refractivity contribution in [1.29, 1.82) is 0 Å². The third-order valence-corrected chi connectivity index (χ3v) is 3.88. The van der Waals surface area contributed by atoms with Gasteiger partial charge in [0.25, 0.3) is 0 Å². The lowest BCUT2D eigenvalue weighted by Gasteiger charge is -2.19. The van der Waals surface area contributed by atoms with E-state index >= 15 is 0 Å². The van der Waals surface area contributed by atoms with Crippen LogP contribution in [0.25, 0.3) is 0 Å². The third kappa shape index (κ3) is 7.10. The van der Waals surface area contributed by atoms with Crippen molar-refractivity contribution in [3.8, 4) is 0 Å². The van der Waals surface area contributed by atoms with Gasteiger partial charge in [-0.2, -0.15) is 0 Å². The van der Waals surface area contributed by atoms with Crippen LogP contribution in [0.5, 0.6) is 0 Å². The van der Waals surface area contributed by atoms with Gasteiger partial charge in [0.05, 0.1) is 12.6 Å². The van der Waals surface area contributed by atoms with Crippen molar-refractivity contribution in [3.63, 3.8) is 0 Å². The first kappa shape index (κ1) is 18.2. The molecule has 1 N–H and O–H groups in total. The predicted octanol–water partition coefficient (Wildman–Crippen LogP) is 5.06. The molecular formula is C19H33NO. The summed E-state index contributed by atoms with van der Waals surface area (Å²) < 4.78 is 5.86. The molecule has 0 aliphatic heterocycles. The Balaban J connectivity index is 2.44. The van der Waals surface area contributed by atoms with Crippen molar-refractivity contribution in [2.24, 2.45) is 0 Å². The van der Waals surface area contributed by atoms with Crippen molar-refractivity contribution in [3.05, 3.63) is 35.4 Å². The molecule has 0 aliphatic rings. The molecule has 1 aromatic rings. The number of benzene rings is 1. The van der Waals surface area contributed by atoms with Crippen LogP contribution in [-0.4, -0.2) is 19.8 Å². The summed E-state index contributed by atoms with van der Waals surface area (Å²) in [6.07, 6.45) is 5.06. The van der Waals surface area contributed by atoms with Gasteiger partial charge in [-0.05, 0) is 30.0 Å². The van der Waals surface area contributed by atoms with Gasteiger partial charge in [0, 0.05) is 6.61 Å². The van der Waals surface area contributed by atoms with Crippen LogP contribution in [0.1, 0.15) is 76.5 Å². The number of nitrogens with one attached hydrogen (secondary N) is 1. The van der Waals surface area contributed by atoms with Crippen LogP contribution in [0.4, 0.5) is 0 Å². The van der Waals surface area contributed by atoms with Crippen molar-refractivity contribution in [2.75, 3.05) is 19.8 Å². The molecule has 0 saturated carbocycles. The lowest BCUT2D eigenvalue weighted by Crippen LogP contribution is -2.25. The Hall–Kier alpha value is -0.860. The zero-order valence-corrected chi connectivity index (χ0v) is 14.3. The van der Waals surface area contributed by atoms with Crippen LogP contribution in [0.3, 0.4) is 0 Å². The molecular weight excluding hydrogens is 258 g/mol. The second-order valence-corrected chi connectivity index (χ2v) is 6.07. The fourth-order valence-corrected chi connectivity index (χ4v) is 2.46. The third-order valence-electron chi connectivity index (χ3n) is 3.88. The highest BCUT2D eigenvalue weighted by Crippen LogP contribution is 2.19. The minimum absolute atomic E-state index is 0.308. The van der Waals surface area contributed by atoms with Crippen molar-refractivity contribution < 1.29 is 4.74 Å². The van der Waals surface area contributed by atoms with Gasteiger partial charge in [0.1, 0.15) is 0 Å². The molecule has 0 radical (unpaired) electrons. The van der Waals surface area contributed by atoms with Crippen LogP contribution in [0.2, 0.25) is 0 Å². The summed E-state index contributed by atoms with van der Waals surface area (Å²) in [6, 6.07) is 9.27. The smallest absolute Gasteiger partial charge is 0.0661 e. The van der Waals surface area contributed by atoms with E-state index in [4.69, 9.17) is 4.74 Å². The Kier molecular flexibility index (Phi) is 9.36. The minimum Gasteiger partial charge on any atom is -0.379 e. The van der Waals surface area contributed by atoms with Crippen LogP contribution in [-0.2, 0) is 4.74 Å². The van der Waals surface area contributed by atoms with E-state index in [-0.39, 0.29) is 0 Å². The second kappa shape index (κ2) is 10.8. The monoisotopic (exact) mass is 291 g/mol. The highest BCUT2D eigenvalue weighted by atomic mass is 16.5. The maximum Gasteiger partial charge on any atom is 0.0661 e. The van der Waals surface area contributed by atoms with E-state index in [1.165, 1.54) is 36.8 Å². The topological polar surface area (TPSA) is 21.3 Å². The Morgan fingerprint density at radius 1 is 0.952 bits per heavy atom. The molecule has 0 aromatic heterocycles. The summed E-state index contributed by atoms with van der Waals surface area (Å²) in [4.78, 5) is 0. The summed E-state index contributed by atoms with van der Waals surface area (Å²) in [6.45, 7) is 11.5. The molecule has 0 saturated heterocycles. The highest BCUT2D eigenvalue weighted by molar-refractivity contribution is 5.27. The Labute approximate surface area is 131 Å². The van der Waals surface area contributed by atoms with Gasteiger partial charge in [-0.3, -0.25) is 0 Å². The largest absolute Gasteiger partial charge is 0.379 e. The highest BCUT2D eigenvalue weighted by Gasteiger charge is 2.10. The van der Waals surface area contributed by atoms with Crippen molar-refractivity contribution in [2.45, 2.75) is 65.3 Å². The molecule has 0 fully saturated rings. The molecule has 1 rings (SSSR count). The predicted molar refractivity (Wildman–Crippen MR) is 91.9 cm³/mol. The van der Waals surface area contributed by atoms with E-state index in [2.05, 4.69) is 57.3 Å². The van der Waals surface area contributed by atoms with Gasteiger partial charge < -0.3 is 10.1 Å². The summed E-state index contributed by atoms with van der Waals surface area (Å²) >= 11 is 0. The number of likely N-dealkylation sites (N-methyl/N-ethyl adjacent to an activating group) is 1. The number of rotatable bonds is 11. The molecule has 0 bridgehead atoms. The van der Waals surface area contributed by atoms with E-state index in [0.29, 0.717) is 12.0 Å². The lowest BCUT2D eigenvalue weighted by atomic mass is 9.99. The molecule has 1 atom stereocenters. The maximum atomic E-state index is 5.86. The van der Waals surface area contributed by atoms with Gasteiger partial charge in [-0.1, -0.05) is 71.2 Å². The summed E-state index contributed by atoms with van der Waals surface area (Å²) in [7, 11) is 0. The zero-order chi connectivity index (χ0) is 15.5. The Bertz CT molecular complexity index is 358. The van der Waals surface area contributed by atoms with Crippen LogP contribution in [0, 0.1) is 0 Å². The number of ether oxygens (including phenoxy) is 1. The molecule has 2 heteroatoms. The fraction of sp³-hybridized carbons (Fsp3) is 0.684. The van der Waals surface area contributed by atoms with E-state index in [1.54, 1.807) is 0 Å². The first-order valence-corrected chi connectivity index (χ1v) is 8.60. The summed E-state index contributed by atoms with van der Waals surface area (Å²) in [5, 5.41) is 3.52. The number of hydrogen-bond donors (Lipinski definition) is 1. The molecule has 0 amide bonds. The fourth-order valence-electron chi connectivity index (χ4n) is 2.46.